The molecular formula is C36H47ClN2O4S. The number of halogens is 1. The quantitative estimate of drug-likeness (QED) is 0.282. The third-order valence-electron chi connectivity index (χ3n) is 11.0. The molecule has 238 valence electrons. The minimum atomic E-state index is -2.94. The molecule has 2 N–H and O–H groups in total. The summed E-state index contributed by atoms with van der Waals surface area (Å²) in [6.45, 7) is 8.09. The van der Waals surface area contributed by atoms with Crippen LogP contribution in [0, 0.1) is 17.8 Å². The van der Waals surface area contributed by atoms with E-state index < -0.39 is 15.3 Å². The largest absolute Gasteiger partial charge is 0.490 e. The van der Waals surface area contributed by atoms with Crippen LogP contribution in [0.3, 0.4) is 0 Å². The molecule has 1 spiro atoms. The maximum Gasteiger partial charge on any atom is 0.262 e. The highest BCUT2D eigenvalue weighted by Gasteiger charge is 2.47. The van der Waals surface area contributed by atoms with Gasteiger partial charge in [-0.1, -0.05) is 50.1 Å². The zero-order valence-corrected chi connectivity index (χ0v) is 27.9. The second kappa shape index (κ2) is 12.0. The molecule has 8 heteroatoms. The van der Waals surface area contributed by atoms with Gasteiger partial charge in [0.25, 0.3) is 5.91 Å². The number of hydrogen-bond acceptors (Lipinski definition) is 5. The zero-order chi connectivity index (χ0) is 31.3. The van der Waals surface area contributed by atoms with Crippen molar-refractivity contribution in [1.82, 2.24) is 4.72 Å². The maximum atomic E-state index is 13.7. The molecule has 1 amide bonds. The lowest BCUT2D eigenvalue weighted by Crippen LogP contribution is -2.52. The van der Waals surface area contributed by atoms with Crippen molar-refractivity contribution in [3.63, 3.8) is 0 Å². The van der Waals surface area contributed by atoms with Crippen LogP contribution in [-0.2, 0) is 21.5 Å². The topological polar surface area (TPSA) is 78.9 Å². The number of fused-ring (bicyclic) bond motifs is 4. The average Bonchev–Trinajstić information content (AvgIpc) is 3.11. The molecule has 2 bridgehead atoms. The van der Waals surface area contributed by atoms with E-state index in [2.05, 4.69) is 40.6 Å². The number of rotatable bonds is 2. The summed E-state index contributed by atoms with van der Waals surface area (Å²) in [7, 11) is -2.94. The number of allylic oxidation sites excluding steroid dienone is 1. The molecule has 2 aliphatic heterocycles. The van der Waals surface area contributed by atoms with Gasteiger partial charge in [-0.25, -0.2) is 4.21 Å². The predicted octanol–water partition coefficient (Wildman–Crippen LogP) is 6.72. The van der Waals surface area contributed by atoms with E-state index in [9.17, 15) is 14.1 Å². The first-order valence-electron chi connectivity index (χ1n) is 16.3. The Labute approximate surface area is 268 Å². The van der Waals surface area contributed by atoms with Crippen molar-refractivity contribution in [2.24, 2.45) is 17.8 Å². The number of carbonyl (C=O) groups is 1. The molecule has 7 atom stereocenters. The Kier molecular flexibility index (Phi) is 8.61. The highest BCUT2D eigenvalue weighted by Crippen LogP contribution is 2.49. The second-order valence-electron chi connectivity index (χ2n) is 14.0. The Hall–Kier alpha value is -2.48. The SMILES string of the molecule is C=S1(=O)NC(=O)c2ccc3c(c2)N(C[C@@H]2CC[C@H]2[C@@](O)(CCC)/C=C/C[C@H](C)[C@H]1C)C[C@@]1(CCCc2cc(Cl)ccc21)CO3. The van der Waals surface area contributed by atoms with Crippen molar-refractivity contribution in [2.75, 3.05) is 24.6 Å². The summed E-state index contributed by atoms with van der Waals surface area (Å²) < 4.78 is 23.1. The van der Waals surface area contributed by atoms with Crippen LogP contribution in [0.5, 0.6) is 5.75 Å². The van der Waals surface area contributed by atoms with Crippen LogP contribution in [0.25, 0.3) is 0 Å². The van der Waals surface area contributed by atoms with Crippen LogP contribution in [0.1, 0.15) is 87.2 Å². The maximum absolute atomic E-state index is 13.7. The summed E-state index contributed by atoms with van der Waals surface area (Å²) in [5.41, 5.74) is 2.77. The molecule has 0 aromatic heterocycles. The van der Waals surface area contributed by atoms with Crippen LogP contribution < -0.4 is 14.4 Å². The first-order chi connectivity index (χ1) is 20.9. The van der Waals surface area contributed by atoms with E-state index in [0.717, 1.165) is 68.1 Å². The minimum Gasteiger partial charge on any atom is -0.490 e. The Bertz CT molecular complexity index is 1560. The molecule has 4 aliphatic rings. The van der Waals surface area contributed by atoms with Crippen molar-refractivity contribution in [3.8, 4) is 5.75 Å². The fourth-order valence-corrected chi connectivity index (χ4v) is 9.81. The number of anilines is 1. The summed E-state index contributed by atoms with van der Waals surface area (Å²) in [5.74, 6) is 4.79. The van der Waals surface area contributed by atoms with Gasteiger partial charge < -0.3 is 14.7 Å². The first kappa shape index (κ1) is 31.5. The molecule has 2 heterocycles. The van der Waals surface area contributed by atoms with Crippen molar-refractivity contribution >= 4 is 38.8 Å². The van der Waals surface area contributed by atoms with Gasteiger partial charge >= 0.3 is 0 Å². The average molecular weight is 639 g/mol. The van der Waals surface area contributed by atoms with Crippen molar-refractivity contribution < 1.29 is 18.8 Å². The second-order valence-corrected chi connectivity index (χ2v) is 16.8. The normalized spacial score (nSPS) is 36.2. The molecule has 6 rings (SSSR count). The number of ether oxygens (including phenoxy) is 1. The summed E-state index contributed by atoms with van der Waals surface area (Å²) in [5, 5.41) is 12.5. The molecule has 6 nitrogen and oxygen atoms in total. The number of hydrogen-bond donors (Lipinski definition) is 2. The monoisotopic (exact) mass is 638 g/mol. The number of nitrogens with zero attached hydrogens (tertiary/aromatic N) is 1. The van der Waals surface area contributed by atoms with Crippen LogP contribution in [-0.4, -0.2) is 51.6 Å². The third kappa shape index (κ3) is 5.80. The molecule has 1 unspecified atom stereocenters. The molecule has 0 radical (unpaired) electrons. The Morgan fingerprint density at radius 1 is 1.20 bits per heavy atom. The van der Waals surface area contributed by atoms with Gasteiger partial charge in [0.05, 0.1) is 27.6 Å². The number of nitrogens with one attached hydrogen (secondary N) is 1. The zero-order valence-electron chi connectivity index (χ0n) is 26.3. The molecule has 0 saturated heterocycles. The lowest BCUT2D eigenvalue weighted by Gasteiger charge is -2.49. The van der Waals surface area contributed by atoms with E-state index in [1.54, 1.807) is 6.07 Å². The Balaban J connectivity index is 1.45. The fourth-order valence-electron chi connectivity index (χ4n) is 8.14. The number of amides is 1. The van der Waals surface area contributed by atoms with Gasteiger partial charge in [-0.2, -0.15) is 0 Å². The molecular weight excluding hydrogens is 592 g/mol. The van der Waals surface area contributed by atoms with Crippen molar-refractivity contribution in [1.29, 1.82) is 0 Å². The van der Waals surface area contributed by atoms with Crippen LogP contribution in [0.15, 0.2) is 48.6 Å². The fraction of sp³-hybridized carbons (Fsp3) is 0.556. The van der Waals surface area contributed by atoms with Gasteiger partial charge in [0.2, 0.25) is 0 Å². The summed E-state index contributed by atoms with van der Waals surface area (Å²) in [6, 6.07) is 11.8. The molecule has 1 fully saturated rings. The summed E-state index contributed by atoms with van der Waals surface area (Å²) in [6.07, 6.45) is 11.4. The van der Waals surface area contributed by atoms with Gasteiger partial charge in [0.15, 0.2) is 0 Å². The van der Waals surface area contributed by atoms with E-state index in [0.29, 0.717) is 30.9 Å². The van der Waals surface area contributed by atoms with Crippen LogP contribution in [0.2, 0.25) is 5.02 Å². The summed E-state index contributed by atoms with van der Waals surface area (Å²) in [4.78, 5) is 16.0. The standard InChI is InChI=1S/C36H47ClN2O4S/c1-5-16-36(41)18-6-8-24(2)25(3)44(4,42)38-34(40)27-11-15-33-32(20-27)39(21-28-10-13-31(28)36)22-35(23-43-33)17-7-9-26-19-29(37)12-14-30(26)35/h6,11-12,14-15,18-20,24-25,28,31,41H,4-5,7-10,13,16-17,21-23H2,1-3H3,(H,38,40,42)/b18-6+/t24-,25+,28-,31+,35-,36+,44?/m0/s1. The number of carbonyl (C=O) groups excluding carboxylic acids is 1. The number of aryl methyl sites for hydroxylation is 1. The Morgan fingerprint density at radius 2 is 2.02 bits per heavy atom. The molecule has 2 aromatic rings. The van der Waals surface area contributed by atoms with E-state index in [-0.39, 0.29) is 28.4 Å². The molecule has 2 aliphatic carbocycles. The first-order valence-corrected chi connectivity index (χ1v) is 18.5. The lowest BCUT2D eigenvalue weighted by atomic mass is 9.63. The predicted molar refractivity (Wildman–Crippen MR) is 181 cm³/mol. The number of aliphatic hydroxyl groups is 1. The van der Waals surface area contributed by atoms with Gasteiger partial charge in [-0.3, -0.25) is 9.52 Å². The lowest BCUT2D eigenvalue weighted by molar-refractivity contribution is -0.0510. The van der Waals surface area contributed by atoms with E-state index in [1.807, 2.05) is 38.1 Å². The smallest absolute Gasteiger partial charge is 0.262 e. The van der Waals surface area contributed by atoms with Crippen LogP contribution in [0.4, 0.5) is 5.69 Å². The minimum absolute atomic E-state index is 0.00731. The van der Waals surface area contributed by atoms with Gasteiger partial charge in [-0.05, 0) is 117 Å². The molecule has 44 heavy (non-hydrogen) atoms. The Morgan fingerprint density at radius 3 is 2.77 bits per heavy atom. The highest BCUT2D eigenvalue weighted by atomic mass is 35.5. The molecule has 1 saturated carbocycles. The van der Waals surface area contributed by atoms with Crippen molar-refractivity contribution in [2.45, 2.75) is 88.4 Å². The number of benzene rings is 2. The van der Waals surface area contributed by atoms with E-state index >= 15 is 0 Å². The van der Waals surface area contributed by atoms with Gasteiger partial charge in [-0.15, -0.1) is 0 Å². The van der Waals surface area contributed by atoms with E-state index in [1.165, 1.54) is 11.1 Å². The third-order valence-corrected chi connectivity index (χ3v) is 13.5. The van der Waals surface area contributed by atoms with Gasteiger partial charge in [0, 0.05) is 34.3 Å². The van der Waals surface area contributed by atoms with E-state index in [4.69, 9.17) is 16.3 Å². The summed E-state index contributed by atoms with van der Waals surface area (Å²) >= 11 is 6.43. The van der Waals surface area contributed by atoms with Crippen molar-refractivity contribution in [3.05, 3.63) is 70.3 Å². The van der Waals surface area contributed by atoms with Gasteiger partial charge in [0.1, 0.15) is 5.75 Å². The highest BCUT2D eigenvalue weighted by molar-refractivity contribution is 7.99. The molecule has 2 aromatic carbocycles. The van der Waals surface area contributed by atoms with Crippen LogP contribution >= 0.6 is 11.6 Å².